The summed E-state index contributed by atoms with van der Waals surface area (Å²) in [6, 6.07) is 22.3. The van der Waals surface area contributed by atoms with Gasteiger partial charge in [-0.3, -0.25) is 0 Å². The lowest BCUT2D eigenvalue weighted by Crippen LogP contribution is -2.34. The molecule has 1 amide bonds. The summed E-state index contributed by atoms with van der Waals surface area (Å²) >= 11 is 7.12. The largest absolute Gasteiger partial charge is 0.491 e. The number of amides is 1. The first-order valence-corrected chi connectivity index (χ1v) is 12.8. The van der Waals surface area contributed by atoms with Gasteiger partial charge in [0.05, 0.1) is 15.6 Å². The van der Waals surface area contributed by atoms with Gasteiger partial charge in [0.1, 0.15) is 11.4 Å². The third kappa shape index (κ3) is 7.32. The van der Waals surface area contributed by atoms with E-state index in [0.717, 1.165) is 43.4 Å². The van der Waals surface area contributed by atoms with E-state index in [9.17, 15) is 4.79 Å². The first-order valence-electron chi connectivity index (χ1n) is 11.2. The van der Waals surface area contributed by atoms with E-state index in [0.29, 0.717) is 26.1 Å². The van der Waals surface area contributed by atoms with Crippen molar-refractivity contribution in [3.05, 3.63) is 86.8 Å². The van der Waals surface area contributed by atoms with E-state index in [4.69, 9.17) is 15.2 Å². The second-order valence-electron chi connectivity index (χ2n) is 8.40. The summed E-state index contributed by atoms with van der Waals surface area (Å²) in [5.41, 5.74) is 9.03. The van der Waals surface area contributed by atoms with Crippen molar-refractivity contribution in [2.45, 2.75) is 32.3 Å². The SMILES string of the molecule is CC(C)(OC(=O)NCCc1cc(Br)c(OCCCN)c(Br)c1)c1ccc(-c2ccccc2)cc1. The van der Waals surface area contributed by atoms with Gasteiger partial charge >= 0.3 is 6.09 Å². The van der Waals surface area contributed by atoms with E-state index >= 15 is 0 Å². The van der Waals surface area contributed by atoms with E-state index in [2.05, 4.69) is 49.3 Å². The van der Waals surface area contributed by atoms with Gasteiger partial charge in [-0.2, -0.15) is 0 Å². The van der Waals surface area contributed by atoms with Crippen molar-refractivity contribution >= 4 is 38.0 Å². The Morgan fingerprint density at radius 2 is 1.59 bits per heavy atom. The summed E-state index contributed by atoms with van der Waals surface area (Å²) in [4.78, 5) is 12.5. The Morgan fingerprint density at radius 3 is 2.21 bits per heavy atom. The Bertz CT molecular complexity index is 1060. The van der Waals surface area contributed by atoms with Crippen molar-refractivity contribution in [3.63, 3.8) is 0 Å². The van der Waals surface area contributed by atoms with Gasteiger partial charge < -0.3 is 20.5 Å². The highest BCUT2D eigenvalue weighted by Crippen LogP contribution is 2.35. The second-order valence-corrected chi connectivity index (χ2v) is 10.1. The zero-order chi connectivity index (χ0) is 24.6. The van der Waals surface area contributed by atoms with Crippen LogP contribution in [-0.4, -0.2) is 25.8 Å². The quantitative estimate of drug-likeness (QED) is 0.255. The molecule has 0 aliphatic heterocycles. The van der Waals surface area contributed by atoms with Crippen LogP contribution in [0.25, 0.3) is 11.1 Å². The Kier molecular flexibility index (Phi) is 9.56. The van der Waals surface area contributed by atoms with E-state index in [1.807, 2.05) is 68.4 Å². The molecule has 0 unspecified atom stereocenters. The van der Waals surface area contributed by atoms with Gasteiger partial charge in [-0.1, -0.05) is 54.6 Å². The molecule has 3 rings (SSSR count). The smallest absolute Gasteiger partial charge is 0.408 e. The van der Waals surface area contributed by atoms with E-state index in [1.165, 1.54) is 0 Å². The zero-order valence-electron chi connectivity index (χ0n) is 19.4. The average Bonchev–Trinajstić information content (AvgIpc) is 2.81. The Labute approximate surface area is 218 Å². The fraction of sp³-hybridized carbons (Fsp3) is 0.296. The molecule has 0 aliphatic carbocycles. The predicted octanol–water partition coefficient (Wildman–Crippen LogP) is 6.81. The summed E-state index contributed by atoms with van der Waals surface area (Å²) < 4.78 is 13.2. The number of nitrogens with one attached hydrogen (secondary N) is 1. The van der Waals surface area contributed by atoms with Crippen LogP contribution in [-0.2, 0) is 16.8 Å². The number of halogens is 2. The van der Waals surface area contributed by atoms with Crippen LogP contribution in [0.15, 0.2) is 75.7 Å². The lowest BCUT2D eigenvalue weighted by molar-refractivity contribution is 0.0366. The van der Waals surface area contributed by atoms with Crippen LogP contribution >= 0.6 is 31.9 Å². The van der Waals surface area contributed by atoms with Crippen LogP contribution in [0.3, 0.4) is 0 Å². The molecule has 7 heteroatoms. The summed E-state index contributed by atoms with van der Waals surface area (Å²) in [7, 11) is 0. The number of ether oxygens (including phenoxy) is 2. The number of benzene rings is 3. The second kappa shape index (κ2) is 12.4. The van der Waals surface area contributed by atoms with Crippen LogP contribution < -0.4 is 15.8 Å². The van der Waals surface area contributed by atoms with Gasteiger partial charge in [0.2, 0.25) is 0 Å². The fourth-order valence-corrected chi connectivity index (χ4v) is 4.99. The van der Waals surface area contributed by atoms with Gasteiger partial charge in [0, 0.05) is 6.54 Å². The molecule has 0 saturated carbocycles. The third-order valence-electron chi connectivity index (χ3n) is 5.37. The van der Waals surface area contributed by atoms with Gasteiger partial charge in [-0.25, -0.2) is 4.79 Å². The Hall–Kier alpha value is -2.35. The molecule has 0 saturated heterocycles. The lowest BCUT2D eigenvalue weighted by atomic mass is 9.95. The molecule has 5 nitrogen and oxygen atoms in total. The molecule has 0 heterocycles. The molecule has 3 aromatic carbocycles. The first kappa shape index (κ1) is 26.3. The predicted molar refractivity (Wildman–Crippen MR) is 144 cm³/mol. The molecule has 0 aromatic heterocycles. The highest BCUT2D eigenvalue weighted by atomic mass is 79.9. The molecule has 34 heavy (non-hydrogen) atoms. The van der Waals surface area contributed by atoms with Gasteiger partial charge in [-0.05, 0) is 99.5 Å². The topological polar surface area (TPSA) is 73.6 Å². The maximum Gasteiger partial charge on any atom is 0.408 e. The molecule has 3 N–H and O–H groups in total. The Morgan fingerprint density at radius 1 is 0.971 bits per heavy atom. The summed E-state index contributed by atoms with van der Waals surface area (Å²) in [5.74, 6) is 0.754. The van der Waals surface area contributed by atoms with Crippen LogP contribution in [0.4, 0.5) is 4.79 Å². The highest BCUT2D eigenvalue weighted by Gasteiger charge is 2.25. The van der Waals surface area contributed by atoms with Crippen molar-refractivity contribution in [2.24, 2.45) is 5.73 Å². The lowest BCUT2D eigenvalue weighted by Gasteiger charge is -2.26. The summed E-state index contributed by atoms with van der Waals surface area (Å²) in [6.07, 6.45) is 0.999. The number of rotatable bonds is 10. The van der Waals surface area contributed by atoms with Crippen molar-refractivity contribution in [1.29, 1.82) is 0 Å². The number of nitrogens with two attached hydrogens (primary N) is 1. The van der Waals surface area contributed by atoms with Crippen molar-refractivity contribution in [3.8, 4) is 16.9 Å². The van der Waals surface area contributed by atoms with Crippen molar-refractivity contribution in [1.82, 2.24) is 5.32 Å². The fourth-order valence-electron chi connectivity index (χ4n) is 3.48. The standard InChI is InChI=1S/C27H30Br2N2O3/c1-27(2,22-11-9-21(10-12-22)20-7-4-3-5-8-20)34-26(32)31-15-13-19-17-23(28)25(24(29)18-19)33-16-6-14-30/h3-5,7-12,17-18H,6,13-16,30H2,1-2H3,(H,31,32). The highest BCUT2D eigenvalue weighted by molar-refractivity contribution is 9.11. The first-order chi connectivity index (χ1) is 16.3. The van der Waals surface area contributed by atoms with Crippen LogP contribution in [0, 0.1) is 0 Å². The number of alkyl carbamates (subject to hydrolysis) is 1. The molecular formula is C27H30Br2N2O3. The van der Waals surface area contributed by atoms with Gasteiger partial charge in [-0.15, -0.1) is 0 Å². The minimum Gasteiger partial charge on any atom is -0.491 e. The number of carbonyl (C=O) groups excluding carboxylic acids is 1. The molecular weight excluding hydrogens is 560 g/mol. The summed E-state index contributed by atoms with van der Waals surface area (Å²) in [5, 5.41) is 2.85. The van der Waals surface area contributed by atoms with Crippen molar-refractivity contribution in [2.75, 3.05) is 19.7 Å². The molecule has 0 bridgehead atoms. The van der Waals surface area contributed by atoms with Crippen LogP contribution in [0.1, 0.15) is 31.4 Å². The maximum atomic E-state index is 12.5. The minimum absolute atomic E-state index is 0.447. The Balaban J connectivity index is 1.52. The molecule has 0 aliphatic rings. The maximum absolute atomic E-state index is 12.5. The van der Waals surface area contributed by atoms with E-state index in [1.54, 1.807) is 0 Å². The minimum atomic E-state index is -0.756. The van der Waals surface area contributed by atoms with Gasteiger partial charge in [0.25, 0.3) is 0 Å². The third-order valence-corrected chi connectivity index (χ3v) is 6.55. The van der Waals surface area contributed by atoms with Crippen LogP contribution in [0.2, 0.25) is 0 Å². The molecule has 180 valence electrons. The number of carbonyl (C=O) groups is 1. The molecule has 0 spiro atoms. The molecule has 3 aromatic rings. The van der Waals surface area contributed by atoms with Crippen molar-refractivity contribution < 1.29 is 14.3 Å². The van der Waals surface area contributed by atoms with E-state index < -0.39 is 11.7 Å². The van der Waals surface area contributed by atoms with Crippen LogP contribution in [0.5, 0.6) is 5.75 Å². The van der Waals surface area contributed by atoms with Gasteiger partial charge in [0.15, 0.2) is 0 Å². The number of hydrogen-bond acceptors (Lipinski definition) is 4. The monoisotopic (exact) mass is 588 g/mol. The summed E-state index contributed by atoms with van der Waals surface area (Å²) in [6.45, 7) is 5.38. The molecule has 0 radical (unpaired) electrons. The zero-order valence-corrected chi connectivity index (χ0v) is 22.6. The van der Waals surface area contributed by atoms with E-state index in [-0.39, 0.29) is 0 Å². The average molecular weight is 590 g/mol. The molecule has 0 atom stereocenters. The number of hydrogen-bond donors (Lipinski definition) is 2. The normalized spacial score (nSPS) is 11.2. The molecule has 0 fully saturated rings.